The molecule has 0 amide bonds. The van der Waals surface area contributed by atoms with E-state index in [2.05, 4.69) is 9.26 Å². The summed E-state index contributed by atoms with van der Waals surface area (Å²) in [4.78, 5) is 27.8. The van der Waals surface area contributed by atoms with Crippen molar-refractivity contribution in [1.82, 2.24) is 0 Å². The maximum Gasteiger partial charge on any atom is 0.472 e. The molecular formula is C7H15O6P. The Hall–Kier alpha value is -0.420. The van der Waals surface area contributed by atoms with E-state index in [4.69, 9.17) is 9.79 Å². The van der Waals surface area contributed by atoms with E-state index >= 15 is 0 Å². The highest BCUT2D eigenvalue weighted by molar-refractivity contribution is 7.46. The van der Waals surface area contributed by atoms with Crippen molar-refractivity contribution in [3.63, 3.8) is 0 Å². The number of phosphoric ester groups is 1. The first-order chi connectivity index (χ1) is 6.20. The van der Waals surface area contributed by atoms with Crippen LogP contribution in [0.5, 0.6) is 0 Å². The van der Waals surface area contributed by atoms with Crippen LogP contribution < -0.4 is 0 Å². The summed E-state index contributed by atoms with van der Waals surface area (Å²) >= 11 is 0. The third-order valence-electron chi connectivity index (χ3n) is 1.16. The highest BCUT2D eigenvalue weighted by Crippen LogP contribution is 2.37. The molecule has 1 unspecified atom stereocenters. The van der Waals surface area contributed by atoms with Gasteiger partial charge in [-0.25, -0.2) is 9.09 Å². The van der Waals surface area contributed by atoms with E-state index in [1.807, 2.05) is 13.8 Å². The van der Waals surface area contributed by atoms with Gasteiger partial charge in [0, 0.05) is 6.42 Å². The van der Waals surface area contributed by atoms with Crippen LogP contribution in [-0.2, 0) is 18.6 Å². The molecule has 0 radical (unpaired) electrons. The Kier molecular flexibility index (Phi) is 5.29. The largest absolute Gasteiger partial charge is 0.472 e. The number of phosphoric acid groups is 1. The van der Waals surface area contributed by atoms with Crippen molar-refractivity contribution in [3.8, 4) is 0 Å². The van der Waals surface area contributed by atoms with Crippen LogP contribution in [0.4, 0.5) is 0 Å². The normalized spacial score (nSPS) is 14.1. The van der Waals surface area contributed by atoms with Crippen LogP contribution in [0.15, 0.2) is 0 Å². The minimum atomic E-state index is -4.59. The van der Waals surface area contributed by atoms with Crippen molar-refractivity contribution in [2.45, 2.75) is 33.5 Å². The lowest BCUT2D eigenvalue weighted by atomic mass is 10.1. The summed E-state index contributed by atoms with van der Waals surface area (Å²) in [6, 6.07) is 0. The average Bonchev–Trinajstić information content (AvgIpc) is 1.77. The number of rotatable bonds is 5. The Morgan fingerprint density at radius 3 is 2.21 bits per heavy atom. The highest BCUT2D eigenvalue weighted by atomic mass is 31.2. The summed E-state index contributed by atoms with van der Waals surface area (Å²) in [5.74, 6) is -0.411. The first-order valence-corrected chi connectivity index (χ1v) is 5.67. The van der Waals surface area contributed by atoms with Crippen LogP contribution >= 0.6 is 7.82 Å². The van der Waals surface area contributed by atoms with Crippen LogP contribution in [0.2, 0.25) is 0 Å². The van der Waals surface area contributed by atoms with Crippen LogP contribution in [0.25, 0.3) is 0 Å². The molecule has 2 N–H and O–H groups in total. The van der Waals surface area contributed by atoms with E-state index in [0.29, 0.717) is 0 Å². The van der Waals surface area contributed by atoms with E-state index in [0.717, 1.165) is 0 Å². The molecule has 0 rings (SSSR count). The summed E-state index contributed by atoms with van der Waals surface area (Å²) in [6.07, 6.45) is -1.04. The van der Waals surface area contributed by atoms with Gasteiger partial charge in [-0.2, -0.15) is 0 Å². The Morgan fingerprint density at radius 2 is 1.86 bits per heavy atom. The van der Waals surface area contributed by atoms with E-state index in [1.165, 1.54) is 6.92 Å². The molecule has 0 aromatic carbocycles. The monoisotopic (exact) mass is 226 g/mol. The molecule has 0 aromatic rings. The maximum atomic E-state index is 11.0. The Balaban J connectivity index is 3.89. The van der Waals surface area contributed by atoms with Gasteiger partial charge in [-0.05, 0) is 12.8 Å². The van der Waals surface area contributed by atoms with Gasteiger partial charge in [0.15, 0.2) is 0 Å². The lowest BCUT2D eigenvalue weighted by molar-refractivity contribution is -0.163. The predicted octanol–water partition coefficient (Wildman–Crippen LogP) is 1.03. The molecule has 0 saturated carbocycles. The fourth-order valence-corrected chi connectivity index (χ4v) is 1.21. The third-order valence-corrected chi connectivity index (χ3v) is 1.73. The predicted molar refractivity (Wildman–Crippen MR) is 48.1 cm³/mol. The minimum Gasteiger partial charge on any atom is -0.435 e. The fourth-order valence-electron chi connectivity index (χ4n) is 0.781. The van der Waals surface area contributed by atoms with Gasteiger partial charge < -0.3 is 14.5 Å². The quantitative estimate of drug-likeness (QED) is 0.413. The molecule has 0 fully saturated rings. The molecule has 0 heterocycles. The number of ether oxygens (including phenoxy) is 1. The second kappa shape index (κ2) is 5.46. The Bertz CT molecular complexity index is 232. The smallest absolute Gasteiger partial charge is 0.435 e. The van der Waals surface area contributed by atoms with Crippen molar-refractivity contribution < 1.29 is 28.4 Å². The number of hydrogen-bond donors (Lipinski definition) is 2. The molecule has 1 atom stereocenters. The first-order valence-electron chi connectivity index (χ1n) is 4.14. The van der Waals surface area contributed by atoms with E-state index in [-0.39, 0.29) is 12.3 Å². The molecular weight excluding hydrogens is 211 g/mol. The number of carbonyl (C=O) groups excluding carboxylic acids is 1. The zero-order valence-electron chi connectivity index (χ0n) is 8.34. The lowest BCUT2D eigenvalue weighted by Gasteiger charge is -2.14. The minimum absolute atomic E-state index is 0.129. The van der Waals surface area contributed by atoms with E-state index < -0.39 is 20.1 Å². The molecule has 7 heteroatoms. The van der Waals surface area contributed by atoms with Gasteiger partial charge in [-0.1, -0.05) is 13.8 Å². The summed E-state index contributed by atoms with van der Waals surface area (Å²) in [7, 11) is -4.59. The maximum absolute atomic E-state index is 11.0. The summed E-state index contributed by atoms with van der Waals surface area (Å²) in [5, 5.41) is 0. The SMILES string of the molecule is CC(C)CC(=O)OC(C)OP(=O)(O)O. The fraction of sp³-hybridized carbons (Fsp3) is 0.857. The van der Waals surface area contributed by atoms with Gasteiger partial charge in [0.1, 0.15) is 0 Å². The number of carbonyl (C=O) groups is 1. The van der Waals surface area contributed by atoms with Gasteiger partial charge >= 0.3 is 13.8 Å². The van der Waals surface area contributed by atoms with Gasteiger partial charge in [0.25, 0.3) is 0 Å². The Morgan fingerprint density at radius 1 is 1.36 bits per heavy atom. The molecule has 0 aliphatic rings. The second-order valence-corrected chi connectivity index (χ2v) is 4.44. The van der Waals surface area contributed by atoms with Crippen molar-refractivity contribution in [1.29, 1.82) is 0 Å². The molecule has 84 valence electrons. The van der Waals surface area contributed by atoms with Crippen molar-refractivity contribution in [3.05, 3.63) is 0 Å². The number of hydrogen-bond acceptors (Lipinski definition) is 4. The molecule has 0 saturated heterocycles. The van der Waals surface area contributed by atoms with Gasteiger partial charge in [0.05, 0.1) is 0 Å². The Labute approximate surface area is 82.5 Å². The first kappa shape index (κ1) is 13.6. The van der Waals surface area contributed by atoms with Crippen LogP contribution in [0.1, 0.15) is 27.2 Å². The molecule has 14 heavy (non-hydrogen) atoms. The van der Waals surface area contributed by atoms with E-state index in [9.17, 15) is 9.36 Å². The van der Waals surface area contributed by atoms with Gasteiger partial charge in [0.2, 0.25) is 6.29 Å². The molecule has 0 bridgehead atoms. The van der Waals surface area contributed by atoms with Crippen molar-refractivity contribution >= 4 is 13.8 Å². The molecule has 0 aliphatic carbocycles. The molecule has 0 aromatic heterocycles. The van der Waals surface area contributed by atoms with Gasteiger partial charge in [-0.15, -0.1) is 0 Å². The number of esters is 1. The second-order valence-electron chi connectivity index (χ2n) is 3.25. The van der Waals surface area contributed by atoms with Gasteiger partial charge in [-0.3, -0.25) is 4.79 Å². The standard InChI is InChI=1S/C7H15O6P/c1-5(2)4-7(8)12-6(3)13-14(9,10)11/h5-6H,4H2,1-3H3,(H2,9,10,11). The third kappa shape index (κ3) is 8.19. The summed E-state index contributed by atoms with van der Waals surface area (Å²) in [5.41, 5.74) is 0. The summed E-state index contributed by atoms with van der Waals surface area (Å²) < 4.78 is 19.0. The highest BCUT2D eigenvalue weighted by Gasteiger charge is 2.21. The average molecular weight is 226 g/mol. The molecule has 6 nitrogen and oxygen atoms in total. The van der Waals surface area contributed by atoms with Crippen LogP contribution in [0.3, 0.4) is 0 Å². The zero-order chi connectivity index (χ0) is 11.4. The van der Waals surface area contributed by atoms with Crippen LogP contribution in [-0.4, -0.2) is 22.0 Å². The van der Waals surface area contributed by atoms with Crippen LogP contribution in [0, 0.1) is 5.92 Å². The lowest BCUT2D eigenvalue weighted by Crippen LogP contribution is -2.18. The van der Waals surface area contributed by atoms with Crippen molar-refractivity contribution in [2.24, 2.45) is 5.92 Å². The zero-order valence-corrected chi connectivity index (χ0v) is 9.23. The molecule has 0 aliphatic heterocycles. The van der Waals surface area contributed by atoms with Crippen molar-refractivity contribution in [2.75, 3.05) is 0 Å². The topological polar surface area (TPSA) is 93.1 Å². The summed E-state index contributed by atoms with van der Waals surface area (Å²) in [6.45, 7) is 4.91. The molecule has 0 spiro atoms. The van der Waals surface area contributed by atoms with E-state index in [1.54, 1.807) is 0 Å².